The molecule has 2 atom stereocenters. The third-order valence-electron chi connectivity index (χ3n) is 4.18. The minimum absolute atomic E-state index is 0.0721. The number of carbonyl (C=O) groups excluding carboxylic acids is 3. The number of hydrogen-bond acceptors (Lipinski definition) is 5. The average molecular weight is 299 g/mol. The number of aliphatic hydroxyl groups excluding tert-OH is 1. The van der Waals surface area contributed by atoms with E-state index in [9.17, 15) is 19.5 Å². The molecule has 6 heteroatoms. The maximum atomic E-state index is 12.3. The lowest BCUT2D eigenvalue weighted by Gasteiger charge is -2.30. The second kappa shape index (κ2) is 6.56. The SMILES string of the molecule is CCC(=O)C(C)(C)[C@H](O)CC(=O)N1C(=O)OC[C@H]1C(C)C. The van der Waals surface area contributed by atoms with E-state index >= 15 is 0 Å². The van der Waals surface area contributed by atoms with Crippen molar-refractivity contribution in [2.75, 3.05) is 6.61 Å². The van der Waals surface area contributed by atoms with Crippen molar-refractivity contribution in [2.45, 2.75) is 59.6 Å². The van der Waals surface area contributed by atoms with E-state index in [0.717, 1.165) is 4.90 Å². The van der Waals surface area contributed by atoms with Crippen molar-refractivity contribution in [2.24, 2.45) is 11.3 Å². The summed E-state index contributed by atoms with van der Waals surface area (Å²) in [7, 11) is 0. The first-order chi connectivity index (χ1) is 9.62. The summed E-state index contributed by atoms with van der Waals surface area (Å²) in [6.45, 7) is 8.90. The van der Waals surface area contributed by atoms with Crippen LogP contribution in [0.3, 0.4) is 0 Å². The van der Waals surface area contributed by atoms with E-state index in [0.29, 0.717) is 6.42 Å². The molecule has 21 heavy (non-hydrogen) atoms. The number of ketones is 1. The van der Waals surface area contributed by atoms with Crippen molar-refractivity contribution in [3.8, 4) is 0 Å². The van der Waals surface area contributed by atoms with Crippen LogP contribution in [0, 0.1) is 11.3 Å². The Morgan fingerprint density at radius 2 is 2.00 bits per heavy atom. The Balaban J connectivity index is 2.80. The molecule has 2 amide bonds. The van der Waals surface area contributed by atoms with Crippen molar-refractivity contribution in [1.29, 1.82) is 0 Å². The van der Waals surface area contributed by atoms with Gasteiger partial charge < -0.3 is 9.84 Å². The molecule has 0 aromatic carbocycles. The molecule has 1 saturated heterocycles. The Bertz CT molecular complexity index is 430. The van der Waals surface area contributed by atoms with Gasteiger partial charge in [0.05, 0.1) is 18.6 Å². The van der Waals surface area contributed by atoms with Gasteiger partial charge in [0.25, 0.3) is 0 Å². The highest BCUT2D eigenvalue weighted by Gasteiger charge is 2.42. The molecule has 0 unspecified atom stereocenters. The summed E-state index contributed by atoms with van der Waals surface area (Å²) in [5.74, 6) is -0.546. The fraction of sp³-hybridized carbons (Fsp3) is 0.800. The van der Waals surface area contributed by atoms with Gasteiger partial charge in [-0.05, 0) is 5.92 Å². The van der Waals surface area contributed by atoms with Gasteiger partial charge in [0.2, 0.25) is 5.91 Å². The van der Waals surface area contributed by atoms with Crippen LogP contribution in [0.5, 0.6) is 0 Å². The zero-order valence-electron chi connectivity index (χ0n) is 13.4. The van der Waals surface area contributed by atoms with Gasteiger partial charge in [0.15, 0.2) is 0 Å². The highest BCUT2D eigenvalue weighted by molar-refractivity contribution is 5.94. The van der Waals surface area contributed by atoms with Crippen LogP contribution < -0.4 is 0 Å². The molecule has 0 spiro atoms. The number of imide groups is 1. The van der Waals surface area contributed by atoms with Gasteiger partial charge in [-0.3, -0.25) is 9.59 Å². The summed E-state index contributed by atoms with van der Waals surface area (Å²) in [4.78, 5) is 36.9. The largest absolute Gasteiger partial charge is 0.447 e. The first kappa shape index (κ1) is 17.6. The zero-order valence-corrected chi connectivity index (χ0v) is 13.4. The number of Topliss-reactive ketones (excluding diaryl/α,β-unsaturated/α-hetero) is 1. The molecule has 1 aliphatic heterocycles. The van der Waals surface area contributed by atoms with Gasteiger partial charge in [-0.2, -0.15) is 0 Å². The summed E-state index contributed by atoms with van der Waals surface area (Å²) in [5.41, 5.74) is -1.01. The molecule has 1 aliphatic rings. The lowest BCUT2D eigenvalue weighted by Crippen LogP contribution is -2.46. The Morgan fingerprint density at radius 1 is 1.43 bits per heavy atom. The predicted molar refractivity (Wildman–Crippen MR) is 76.5 cm³/mol. The molecule has 0 aromatic heterocycles. The van der Waals surface area contributed by atoms with Crippen LogP contribution in [0.1, 0.15) is 47.5 Å². The predicted octanol–water partition coefficient (Wildman–Crippen LogP) is 1.75. The molecule has 6 nitrogen and oxygen atoms in total. The number of aliphatic hydroxyl groups is 1. The van der Waals surface area contributed by atoms with Gasteiger partial charge in [0, 0.05) is 11.8 Å². The van der Waals surface area contributed by atoms with Crippen LogP contribution in [0.4, 0.5) is 4.79 Å². The van der Waals surface area contributed by atoms with E-state index in [1.807, 2.05) is 13.8 Å². The molecular weight excluding hydrogens is 274 g/mol. The summed E-state index contributed by atoms with van der Waals surface area (Å²) in [6, 6.07) is -0.317. The molecule has 0 aliphatic carbocycles. The lowest BCUT2D eigenvalue weighted by atomic mass is 9.79. The fourth-order valence-corrected chi connectivity index (χ4v) is 2.37. The number of nitrogens with zero attached hydrogens (tertiary/aromatic N) is 1. The zero-order chi connectivity index (χ0) is 16.4. The number of rotatable bonds is 6. The third-order valence-corrected chi connectivity index (χ3v) is 4.18. The van der Waals surface area contributed by atoms with E-state index in [2.05, 4.69) is 0 Å². The van der Waals surface area contributed by atoms with E-state index in [1.54, 1.807) is 20.8 Å². The van der Waals surface area contributed by atoms with E-state index < -0.39 is 23.5 Å². The molecule has 1 N–H and O–H groups in total. The summed E-state index contributed by atoms with van der Waals surface area (Å²) < 4.78 is 4.91. The van der Waals surface area contributed by atoms with Crippen molar-refractivity contribution in [3.05, 3.63) is 0 Å². The van der Waals surface area contributed by atoms with Crippen molar-refractivity contribution >= 4 is 17.8 Å². The topological polar surface area (TPSA) is 83.9 Å². The van der Waals surface area contributed by atoms with Gasteiger partial charge in [-0.25, -0.2) is 9.69 Å². The van der Waals surface area contributed by atoms with Gasteiger partial charge >= 0.3 is 6.09 Å². The molecule has 120 valence electrons. The van der Waals surface area contributed by atoms with E-state index in [4.69, 9.17) is 4.74 Å². The van der Waals surface area contributed by atoms with Crippen LogP contribution >= 0.6 is 0 Å². The van der Waals surface area contributed by atoms with Crippen molar-refractivity contribution < 1.29 is 24.2 Å². The van der Waals surface area contributed by atoms with Gasteiger partial charge in [0.1, 0.15) is 12.4 Å². The maximum absolute atomic E-state index is 12.3. The third kappa shape index (κ3) is 3.61. The number of ether oxygens (including phenoxy) is 1. The van der Waals surface area contributed by atoms with E-state index in [1.165, 1.54) is 0 Å². The summed E-state index contributed by atoms with van der Waals surface area (Å²) in [5, 5.41) is 10.2. The molecular formula is C15H25NO5. The average Bonchev–Trinajstić information content (AvgIpc) is 2.79. The number of hydrogen-bond donors (Lipinski definition) is 1. The quantitative estimate of drug-likeness (QED) is 0.807. The molecule has 0 saturated carbocycles. The van der Waals surface area contributed by atoms with Gasteiger partial charge in [-0.1, -0.05) is 34.6 Å². The van der Waals surface area contributed by atoms with Crippen molar-refractivity contribution in [1.82, 2.24) is 4.90 Å². The first-order valence-corrected chi connectivity index (χ1v) is 7.33. The molecule has 1 heterocycles. The Kier molecular flexibility index (Phi) is 5.50. The monoisotopic (exact) mass is 299 g/mol. The molecule has 0 bridgehead atoms. The minimum atomic E-state index is -1.13. The van der Waals surface area contributed by atoms with Gasteiger partial charge in [-0.15, -0.1) is 0 Å². The van der Waals surface area contributed by atoms with Crippen LogP contribution in [0.2, 0.25) is 0 Å². The fourth-order valence-electron chi connectivity index (χ4n) is 2.37. The van der Waals surface area contributed by atoms with Crippen LogP contribution in [0.15, 0.2) is 0 Å². The number of amides is 2. The molecule has 0 radical (unpaired) electrons. The molecule has 1 fully saturated rings. The van der Waals surface area contributed by atoms with Crippen LogP contribution in [-0.4, -0.2) is 46.5 Å². The normalized spacial score (nSPS) is 20.6. The second-order valence-corrected chi connectivity index (χ2v) is 6.37. The Labute approximate surface area is 125 Å². The number of carbonyl (C=O) groups is 3. The molecule has 1 rings (SSSR count). The standard InChI is InChI=1S/C15H25NO5/c1-6-11(17)15(4,5)12(18)7-13(19)16-10(9(2)3)8-21-14(16)20/h9-10,12,18H,6-8H2,1-5H3/t10-,12+/m0/s1. The number of cyclic esters (lactones) is 1. The van der Waals surface area contributed by atoms with Crippen LogP contribution in [0.25, 0.3) is 0 Å². The highest BCUT2D eigenvalue weighted by Crippen LogP contribution is 2.28. The smallest absolute Gasteiger partial charge is 0.416 e. The van der Waals surface area contributed by atoms with E-state index in [-0.39, 0.29) is 30.8 Å². The minimum Gasteiger partial charge on any atom is -0.447 e. The lowest BCUT2D eigenvalue weighted by molar-refractivity contribution is -0.138. The van der Waals surface area contributed by atoms with Crippen molar-refractivity contribution in [3.63, 3.8) is 0 Å². The summed E-state index contributed by atoms with van der Waals surface area (Å²) >= 11 is 0. The maximum Gasteiger partial charge on any atom is 0.416 e. The first-order valence-electron chi connectivity index (χ1n) is 7.33. The Morgan fingerprint density at radius 3 is 2.48 bits per heavy atom. The molecule has 0 aromatic rings. The second-order valence-electron chi connectivity index (χ2n) is 6.37. The summed E-state index contributed by atoms with van der Waals surface area (Å²) in [6.07, 6.45) is -1.78. The Hall–Kier alpha value is -1.43. The van der Waals surface area contributed by atoms with Crippen LogP contribution in [-0.2, 0) is 14.3 Å². The highest BCUT2D eigenvalue weighted by atomic mass is 16.6.